The summed E-state index contributed by atoms with van der Waals surface area (Å²) in [5.41, 5.74) is 1.05. The zero-order valence-electron chi connectivity index (χ0n) is 16.3. The second-order valence-corrected chi connectivity index (χ2v) is 9.66. The molecule has 0 atom stereocenters. The van der Waals surface area contributed by atoms with Gasteiger partial charge >= 0.3 is 0 Å². The molecule has 150 valence electrons. The fourth-order valence-electron chi connectivity index (χ4n) is 3.02. The van der Waals surface area contributed by atoms with Crippen LogP contribution in [-0.2, 0) is 15.4 Å². The summed E-state index contributed by atoms with van der Waals surface area (Å²) >= 11 is 0. The lowest BCUT2D eigenvalue weighted by atomic mass is 9.87. The Morgan fingerprint density at radius 2 is 1.79 bits per heavy atom. The van der Waals surface area contributed by atoms with Crippen LogP contribution in [0.5, 0.6) is 11.5 Å². The van der Waals surface area contributed by atoms with Crippen molar-refractivity contribution in [3.05, 3.63) is 52.9 Å². The van der Waals surface area contributed by atoms with Crippen LogP contribution in [0, 0.1) is 4.91 Å². The van der Waals surface area contributed by atoms with Crippen LogP contribution in [-0.4, -0.2) is 38.9 Å². The normalized spacial score (nSPS) is 16.0. The van der Waals surface area contributed by atoms with Gasteiger partial charge in [-0.15, -0.1) is 4.91 Å². The molecule has 7 nitrogen and oxygen atoms in total. The Labute approximate surface area is 165 Å². The van der Waals surface area contributed by atoms with E-state index < -0.39 is 10.0 Å². The molecule has 0 aliphatic carbocycles. The molecule has 0 saturated carbocycles. The lowest BCUT2D eigenvalue weighted by Crippen LogP contribution is -2.46. The fourth-order valence-corrected chi connectivity index (χ4v) is 4.59. The maximum absolute atomic E-state index is 13.2. The van der Waals surface area contributed by atoms with Gasteiger partial charge in [-0.3, -0.25) is 0 Å². The van der Waals surface area contributed by atoms with Crippen LogP contribution in [0.1, 0.15) is 26.3 Å². The maximum atomic E-state index is 13.2. The van der Waals surface area contributed by atoms with Crippen LogP contribution in [0.25, 0.3) is 0 Å². The molecule has 3 rings (SSSR count). The van der Waals surface area contributed by atoms with E-state index in [1.54, 1.807) is 6.07 Å². The molecule has 0 spiro atoms. The highest BCUT2D eigenvalue weighted by molar-refractivity contribution is 7.89. The van der Waals surface area contributed by atoms with Crippen molar-refractivity contribution in [2.75, 3.05) is 26.2 Å². The molecule has 0 unspecified atom stereocenters. The van der Waals surface area contributed by atoms with E-state index in [1.165, 1.54) is 22.5 Å². The number of hydrogen-bond donors (Lipinski definition) is 1. The molecule has 8 heteroatoms. The van der Waals surface area contributed by atoms with Crippen LogP contribution in [0.2, 0.25) is 0 Å². The summed E-state index contributed by atoms with van der Waals surface area (Å²) in [6.07, 6.45) is 0. The third-order valence-corrected chi connectivity index (χ3v) is 6.57. The average Bonchev–Trinajstić information content (AvgIpc) is 2.68. The predicted molar refractivity (Wildman–Crippen MR) is 109 cm³/mol. The minimum Gasteiger partial charge on any atom is -0.456 e. The third-order valence-electron chi connectivity index (χ3n) is 4.65. The summed E-state index contributed by atoms with van der Waals surface area (Å²) in [5, 5.41) is 6.01. The van der Waals surface area contributed by atoms with Crippen molar-refractivity contribution in [3.63, 3.8) is 0 Å². The second-order valence-electron chi connectivity index (χ2n) is 7.76. The van der Waals surface area contributed by atoms with Gasteiger partial charge in [0.15, 0.2) is 0 Å². The summed E-state index contributed by atoms with van der Waals surface area (Å²) in [6.45, 7) is 8.16. The molecule has 28 heavy (non-hydrogen) atoms. The summed E-state index contributed by atoms with van der Waals surface area (Å²) in [7, 11) is -3.81. The molecular formula is C20H25N3O4S. The number of nitrogens with zero attached hydrogens (tertiary/aromatic N) is 2. The average molecular weight is 404 g/mol. The minimum absolute atomic E-state index is 0.0458. The smallest absolute Gasteiger partial charge is 0.246 e. The summed E-state index contributed by atoms with van der Waals surface area (Å²) < 4.78 is 33.7. The zero-order chi connectivity index (χ0) is 20.4. The molecular weight excluding hydrogens is 378 g/mol. The van der Waals surface area contributed by atoms with E-state index in [2.05, 4.69) is 31.3 Å². The summed E-state index contributed by atoms with van der Waals surface area (Å²) in [4.78, 5) is 10.9. The maximum Gasteiger partial charge on any atom is 0.246 e. The molecule has 1 saturated heterocycles. The molecule has 1 N–H and O–H groups in total. The first kappa shape index (κ1) is 20.4. The SMILES string of the molecule is CC(C)(C)c1cccc(Oc2ccc(N=O)cc2S(=O)(=O)N2CCNCC2)c1. The Morgan fingerprint density at radius 1 is 1.07 bits per heavy atom. The number of rotatable bonds is 5. The van der Waals surface area contributed by atoms with Crippen molar-refractivity contribution in [1.82, 2.24) is 9.62 Å². The lowest BCUT2D eigenvalue weighted by molar-refractivity contribution is 0.358. The van der Waals surface area contributed by atoms with Gasteiger partial charge in [0.2, 0.25) is 10.0 Å². The lowest BCUT2D eigenvalue weighted by Gasteiger charge is -2.27. The largest absolute Gasteiger partial charge is 0.456 e. The van der Waals surface area contributed by atoms with Crippen LogP contribution in [0.15, 0.2) is 52.5 Å². The Bertz CT molecular complexity index is 962. The van der Waals surface area contributed by atoms with E-state index in [1.807, 2.05) is 18.2 Å². The first-order valence-electron chi connectivity index (χ1n) is 9.18. The van der Waals surface area contributed by atoms with Gasteiger partial charge in [0.25, 0.3) is 0 Å². The fraction of sp³-hybridized carbons (Fsp3) is 0.400. The monoisotopic (exact) mass is 403 g/mol. The van der Waals surface area contributed by atoms with E-state index in [0.717, 1.165) is 5.56 Å². The van der Waals surface area contributed by atoms with Crippen molar-refractivity contribution >= 4 is 15.7 Å². The number of nitrogens with one attached hydrogen (secondary N) is 1. The Hall–Kier alpha value is -2.29. The number of nitroso groups, excluding NO2 is 1. The van der Waals surface area contributed by atoms with Crippen LogP contribution < -0.4 is 10.1 Å². The number of hydrogen-bond acceptors (Lipinski definition) is 6. The molecule has 1 fully saturated rings. The molecule has 0 aromatic heterocycles. The summed E-state index contributed by atoms with van der Waals surface area (Å²) in [6, 6.07) is 11.8. The standard InChI is InChI=1S/C20H25N3O4S/c1-20(2,3)15-5-4-6-17(13-15)27-18-8-7-16(22-24)14-19(18)28(25,26)23-11-9-21-10-12-23/h4-8,13-14,21H,9-12H2,1-3H3. The van der Waals surface area contributed by atoms with E-state index in [9.17, 15) is 13.3 Å². The van der Waals surface area contributed by atoms with Gasteiger partial charge in [0, 0.05) is 26.2 Å². The van der Waals surface area contributed by atoms with Crippen LogP contribution >= 0.6 is 0 Å². The number of ether oxygens (including phenoxy) is 1. The van der Waals surface area contributed by atoms with Crippen LogP contribution in [0.4, 0.5) is 5.69 Å². The van der Waals surface area contributed by atoms with Crippen molar-refractivity contribution in [2.45, 2.75) is 31.1 Å². The van der Waals surface area contributed by atoms with E-state index >= 15 is 0 Å². The van der Waals surface area contributed by atoms with Gasteiger partial charge in [-0.2, -0.15) is 4.31 Å². The van der Waals surface area contributed by atoms with Gasteiger partial charge in [0.05, 0.1) is 0 Å². The first-order chi connectivity index (χ1) is 13.2. The molecule has 0 amide bonds. The van der Waals surface area contributed by atoms with Gasteiger partial charge in [-0.25, -0.2) is 8.42 Å². The third kappa shape index (κ3) is 4.40. The van der Waals surface area contributed by atoms with E-state index in [4.69, 9.17) is 4.74 Å². The Balaban J connectivity index is 2.01. The molecule has 0 radical (unpaired) electrons. The van der Waals surface area contributed by atoms with E-state index in [0.29, 0.717) is 31.9 Å². The predicted octanol–water partition coefficient (Wildman–Crippen LogP) is 3.77. The van der Waals surface area contributed by atoms with Crippen molar-refractivity contribution < 1.29 is 13.2 Å². The zero-order valence-corrected chi connectivity index (χ0v) is 17.1. The minimum atomic E-state index is -3.81. The Kier molecular flexibility index (Phi) is 5.83. The molecule has 1 aliphatic heterocycles. The molecule has 2 aromatic carbocycles. The molecule has 2 aromatic rings. The van der Waals surface area contributed by atoms with Gasteiger partial charge in [-0.05, 0) is 46.5 Å². The second kappa shape index (κ2) is 7.98. The van der Waals surface area contributed by atoms with E-state index in [-0.39, 0.29) is 21.7 Å². The van der Waals surface area contributed by atoms with Crippen molar-refractivity contribution in [3.8, 4) is 11.5 Å². The van der Waals surface area contributed by atoms with Gasteiger partial charge in [0.1, 0.15) is 22.1 Å². The summed E-state index contributed by atoms with van der Waals surface area (Å²) in [5.74, 6) is 0.716. The highest BCUT2D eigenvalue weighted by Gasteiger charge is 2.30. The number of benzene rings is 2. The van der Waals surface area contributed by atoms with Crippen LogP contribution in [0.3, 0.4) is 0 Å². The van der Waals surface area contributed by atoms with Gasteiger partial charge in [-0.1, -0.05) is 32.9 Å². The highest BCUT2D eigenvalue weighted by atomic mass is 32.2. The molecule has 1 heterocycles. The first-order valence-corrected chi connectivity index (χ1v) is 10.6. The quantitative estimate of drug-likeness (QED) is 0.768. The van der Waals surface area contributed by atoms with Gasteiger partial charge < -0.3 is 10.1 Å². The number of piperazine rings is 1. The van der Waals surface area contributed by atoms with Crippen molar-refractivity contribution in [1.29, 1.82) is 0 Å². The topological polar surface area (TPSA) is 88.1 Å². The number of sulfonamides is 1. The molecule has 0 bridgehead atoms. The highest BCUT2D eigenvalue weighted by Crippen LogP contribution is 2.35. The van der Waals surface area contributed by atoms with Crippen molar-refractivity contribution in [2.24, 2.45) is 5.18 Å². The Morgan fingerprint density at radius 3 is 2.43 bits per heavy atom. The molecule has 1 aliphatic rings.